The van der Waals surface area contributed by atoms with Crippen LogP contribution in [0.4, 0.5) is 20.2 Å². The van der Waals surface area contributed by atoms with E-state index in [1.54, 1.807) is 6.07 Å². The molecule has 0 aromatic heterocycles. The molecule has 1 saturated heterocycles. The van der Waals surface area contributed by atoms with Gasteiger partial charge in [-0.1, -0.05) is 24.3 Å². The first kappa shape index (κ1) is 14.2. The van der Waals surface area contributed by atoms with Crippen molar-refractivity contribution in [3.05, 3.63) is 60.2 Å². The lowest BCUT2D eigenvalue weighted by Crippen LogP contribution is -2.35. The molecule has 6 heteroatoms. The number of rotatable bonds is 3. The summed E-state index contributed by atoms with van der Waals surface area (Å²) in [4.78, 5) is 25.2. The van der Waals surface area contributed by atoms with Gasteiger partial charge in [-0.3, -0.25) is 9.59 Å². The first-order valence-electron chi connectivity index (χ1n) is 6.70. The number of imide groups is 1. The second-order valence-electron chi connectivity index (χ2n) is 4.90. The third-order valence-corrected chi connectivity index (χ3v) is 3.44. The van der Waals surface area contributed by atoms with Crippen LogP contribution in [0.5, 0.6) is 0 Å². The van der Waals surface area contributed by atoms with Gasteiger partial charge in [0.1, 0.15) is 17.7 Å². The topological polar surface area (TPSA) is 49.4 Å². The molecule has 1 aliphatic heterocycles. The van der Waals surface area contributed by atoms with Crippen LogP contribution in [-0.2, 0) is 9.59 Å². The summed E-state index contributed by atoms with van der Waals surface area (Å²) in [6.07, 6.45) is -0.151. The van der Waals surface area contributed by atoms with Crippen molar-refractivity contribution in [3.8, 4) is 0 Å². The Morgan fingerprint density at radius 3 is 2.27 bits per heavy atom. The molecule has 2 aromatic carbocycles. The minimum atomic E-state index is -0.913. The van der Waals surface area contributed by atoms with Gasteiger partial charge in [0.25, 0.3) is 5.91 Å². The molecule has 0 unspecified atom stereocenters. The second-order valence-corrected chi connectivity index (χ2v) is 4.90. The maximum atomic E-state index is 13.8. The maximum Gasteiger partial charge on any atom is 0.256 e. The third-order valence-electron chi connectivity index (χ3n) is 3.44. The van der Waals surface area contributed by atoms with Gasteiger partial charge < -0.3 is 5.32 Å². The smallest absolute Gasteiger partial charge is 0.256 e. The summed E-state index contributed by atoms with van der Waals surface area (Å²) in [5.41, 5.74) is 0.0411. The number of halogens is 2. The molecular formula is C16H12F2N2O2. The van der Waals surface area contributed by atoms with Crippen molar-refractivity contribution in [1.82, 2.24) is 0 Å². The molecule has 4 nitrogen and oxygen atoms in total. The Balaban J connectivity index is 1.86. The number of nitrogens with zero attached hydrogens (tertiary/aromatic N) is 1. The Hall–Kier alpha value is -2.76. The molecule has 1 fully saturated rings. The number of hydrogen-bond acceptors (Lipinski definition) is 3. The molecule has 0 spiro atoms. The minimum absolute atomic E-state index is 0.0877. The van der Waals surface area contributed by atoms with Crippen LogP contribution in [0.2, 0.25) is 0 Å². The van der Waals surface area contributed by atoms with Gasteiger partial charge in [0.05, 0.1) is 17.8 Å². The van der Waals surface area contributed by atoms with Crippen LogP contribution in [0.3, 0.4) is 0 Å². The van der Waals surface area contributed by atoms with Crippen molar-refractivity contribution in [3.63, 3.8) is 0 Å². The summed E-state index contributed by atoms with van der Waals surface area (Å²) in [6.45, 7) is 0. The van der Waals surface area contributed by atoms with Crippen LogP contribution in [-0.4, -0.2) is 17.9 Å². The SMILES string of the molecule is O=C1C[C@@H](Nc2ccccc2F)C(=O)N1c1ccccc1F. The van der Waals surface area contributed by atoms with Crippen LogP contribution < -0.4 is 10.2 Å². The predicted octanol–water partition coefficient (Wildman–Crippen LogP) is 2.71. The number of nitrogens with one attached hydrogen (secondary N) is 1. The summed E-state index contributed by atoms with van der Waals surface area (Å²) >= 11 is 0. The van der Waals surface area contributed by atoms with E-state index in [0.717, 1.165) is 4.90 Å². The van der Waals surface area contributed by atoms with E-state index in [1.165, 1.54) is 42.5 Å². The molecule has 1 N–H and O–H groups in total. The lowest BCUT2D eigenvalue weighted by Gasteiger charge is -2.16. The van der Waals surface area contributed by atoms with Crippen molar-refractivity contribution in [2.24, 2.45) is 0 Å². The Kier molecular flexibility index (Phi) is 3.58. The van der Waals surface area contributed by atoms with Crippen molar-refractivity contribution in [1.29, 1.82) is 0 Å². The summed E-state index contributed by atoms with van der Waals surface area (Å²) < 4.78 is 27.4. The van der Waals surface area contributed by atoms with Crippen LogP contribution in [0.1, 0.15) is 6.42 Å². The standard InChI is InChI=1S/C16H12F2N2O2/c17-10-5-1-3-7-12(10)19-13-9-15(21)20(16(13)22)14-8-4-2-6-11(14)18/h1-8,13,19H,9H2/t13-/m1/s1. The van der Waals surface area contributed by atoms with Gasteiger partial charge in [-0.05, 0) is 24.3 Å². The van der Waals surface area contributed by atoms with Gasteiger partial charge >= 0.3 is 0 Å². The molecule has 2 amide bonds. The Morgan fingerprint density at radius 2 is 1.59 bits per heavy atom. The van der Waals surface area contributed by atoms with Gasteiger partial charge in [0, 0.05) is 0 Å². The highest BCUT2D eigenvalue weighted by atomic mass is 19.1. The van der Waals surface area contributed by atoms with E-state index in [4.69, 9.17) is 0 Å². The third kappa shape index (κ3) is 2.43. The van der Waals surface area contributed by atoms with Gasteiger partial charge in [0.15, 0.2) is 0 Å². The number of carbonyl (C=O) groups is 2. The molecule has 22 heavy (non-hydrogen) atoms. The largest absolute Gasteiger partial charge is 0.371 e. The Bertz CT molecular complexity index is 748. The van der Waals surface area contributed by atoms with Gasteiger partial charge in [-0.2, -0.15) is 0 Å². The van der Waals surface area contributed by atoms with Gasteiger partial charge in [-0.25, -0.2) is 13.7 Å². The fourth-order valence-electron chi connectivity index (χ4n) is 2.40. The lowest BCUT2D eigenvalue weighted by molar-refractivity contribution is -0.121. The zero-order valence-corrected chi connectivity index (χ0v) is 11.4. The molecule has 0 radical (unpaired) electrons. The molecule has 0 aliphatic carbocycles. The fourth-order valence-corrected chi connectivity index (χ4v) is 2.40. The lowest BCUT2D eigenvalue weighted by atomic mass is 10.2. The first-order valence-corrected chi connectivity index (χ1v) is 6.70. The molecule has 2 aromatic rings. The van der Waals surface area contributed by atoms with Crippen molar-refractivity contribution < 1.29 is 18.4 Å². The van der Waals surface area contributed by atoms with Crippen LogP contribution >= 0.6 is 0 Å². The monoisotopic (exact) mass is 302 g/mol. The summed E-state index contributed by atoms with van der Waals surface area (Å²) in [6, 6.07) is 10.5. The average Bonchev–Trinajstić information content (AvgIpc) is 2.77. The van der Waals surface area contributed by atoms with Gasteiger partial charge in [0.2, 0.25) is 5.91 Å². The molecule has 0 bridgehead atoms. The Morgan fingerprint density at radius 1 is 0.955 bits per heavy atom. The van der Waals surface area contributed by atoms with E-state index >= 15 is 0 Å². The zero-order chi connectivity index (χ0) is 15.7. The molecule has 1 heterocycles. The molecule has 1 atom stereocenters. The molecule has 1 aliphatic rings. The number of amides is 2. The van der Waals surface area contributed by atoms with Crippen molar-refractivity contribution in [2.45, 2.75) is 12.5 Å². The number of para-hydroxylation sites is 2. The first-order chi connectivity index (χ1) is 10.6. The molecule has 3 rings (SSSR count). The molecule has 112 valence electrons. The van der Waals surface area contributed by atoms with E-state index in [9.17, 15) is 18.4 Å². The summed E-state index contributed by atoms with van der Waals surface area (Å²) in [7, 11) is 0. The number of carbonyl (C=O) groups excluding carboxylic acids is 2. The van der Waals surface area contributed by atoms with Crippen LogP contribution in [0.25, 0.3) is 0 Å². The van der Waals surface area contributed by atoms with E-state index < -0.39 is 29.5 Å². The number of benzene rings is 2. The summed E-state index contributed by atoms with van der Waals surface area (Å²) in [5, 5.41) is 2.70. The number of hydrogen-bond donors (Lipinski definition) is 1. The van der Waals surface area contributed by atoms with Crippen LogP contribution in [0, 0.1) is 11.6 Å². The van der Waals surface area contributed by atoms with Crippen LogP contribution in [0.15, 0.2) is 48.5 Å². The normalized spacial score (nSPS) is 17.9. The van der Waals surface area contributed by atoms with E-state index in [2.05, 4.69) is 5.32 Å². The maximum absolute atomic E-state index is 13.8. The van der Waals surface area contributed by atoms with E-state index in [1.807, 2.05) is 0 Å². The second kappa shape index (κ2) is 5.55. The zero-order valence-electron chi connectivity index (χ0n) is 11.4. The number of anilines is 2. The average molecular weight is 302 g/mol. The molecular weight excluding hydrogens is 290 g/mol. The van der Waals surface area contributed by atoms with E-state index in [-0.39, 0.29) is 17.8 Å². The van der Waals surface area contributed by atoms with E-state index in [0.29, 0.717) is 0 Å². The predicted molar refractivity (Wildman–Crippen MR) is 77.3 cm³/mol. The molecule has 0 saturated carbocycles. The van der Waals surface area contributed by atoms with Gasteiger partial charge in [-0.15, -0.1) is 0 Å². The van der Waals surface area contributed by atoms with Crippen molar-refractivity contribution in [2.75, 3.05) is 10.2 Å². The minimum Gasteiger partial charge on any atom is -0.371 e. The van der Waals surface area contributed by atoms with Crippen molar-refractivity contribution >= 4 is 23.2 Å². The summed E-state index contributed by atoms with van der Waals surface area (Å²) in [5.74, 6) is -2.30. The highest BCUT2D eigenvalue weighted by molar-refractivity contribution is 6.23. The Labute approximate surface area is 125 Å². The fraction of sp³-hybridized carbons (Fsp3) is 0.125. The quantitative estimate of drug-likeness (QED) is 0.887. The highest BCUT2D eigenvalue weighted by Gasteiger charge is 2.40. The highest BCUT2D eigenvalue weighted by Crippen LogP contribution is 2.27.